The molecule has 2 aromatic carbocycles. The molecule has 1 amide bonds. The molecule has 0 spiro atoms. The molecule has 29 heavy (non-hydrogen) atoms. The van der Waals surface area contributed by atoms with Crippen molar-refractivity contribution in [1.29, 1.82) is 0 Å². The molecule has 1 aliphatic heterocycles. The Bertz CT molecular complexity index is 1070. The van der Waals surface area contributed by atoms with Crippen LogP contribution in [0.1, 0.15) is 18.4 Å². The molecule has 2 heterocycles. The number of carbonyl (C=O) groups excluding carboxylic acids is 1. The highest BCUT2D eigenvalue weighted by Crippen LogP contribution is 2.49. The number of anilines is 1. The van der Waals surface area contributed by atoms with Gasteiger partial charge in [0.05, 0.1) is 17.9 Å². The minimum Gasteiger partial charge on any atom is -0.351 e. The molecule has 0 saturated carbocycles. The van der Waals surface area contributed by atoms with Gasteiger partial charge >= 0.3 is 0 Å². The lowest BCUT2D eigenvalue weighted by Gasteiger charge is -2.29. The van der Waals surface area contributed by atoms with E-state index in [4.69, 9.17) is 9.26 Å². The molecule has 3 aromatic rings. The summed E-state index contributed by atoms with van der Waals surface area (Å²) in [6.45, 7) is 10.5. The fraction of sp³-hybridized carbons (Fsp3) is 0.174. The smallest absolute Gasteiger partial charge is 0.268 e. The van der Waals surface area contributed by atoms with Crippen LogP contribution in [0.25, 0.3) is 17.0 Å². The first-order chi connectivity index (χ1) is 14.1. The number of likely N-dealkylation sites (N-methyl/N-ethyl adjacent to an activating group) is 1. The van der Waals surface area contributed by atoms with Crippen molar-refractivity contribution in [3.05, 3.63) is 85.3 Å². The molecule has 0 radical (unpaired) electrons. The predicted molar refractivity (Wildman–Crippen MR) is 111 cm³/mol. The maximum Gasteiger partial charge on any atom is 0.268 e. The molecule has 0 fully saturated rings. The number of carbonyl (C=O) groups is 1. The molecule has 146 valence electrons. The first-order valence-corrected chi connectivity index (χ1v) is 9.38. The van der Waals surface area contributed by atoms with Gasteiger partial charge in [-0.1, -0.05) is 66.3 Å². The van der Waals surface area contributed by atoms with Crippen molar-refractivity contribution in [2.24, 2.45) is 0 Å². The van der Waals surface area contributed by atoms with Crippen LogP contribution in [-0.4, -0.2) is 29.2 Å². The lowest BCUT2D eigenvalue weighted by molar-refractivity contribution is -0.135. The van der Waals surface area contributed by atoms with Crippen molar-refractivity contribution < 1.29 is 14.1 Å². The highest BCUT2D eigenvalue weighted by molar-refractivity contribution is 6.14. The number of hydrogen-bond donors (Lipinski definition) is 0. The molecule has 6 heteroatoms. The second-order valence-electron chi connectivity index (χ2n) is 6.62. The van der Waals surface area contributed by atoms with E-state index in [1.807, 2.05) is 61.5 Å². The van der Waals surface area contributed by atoms with Crippen LogP contribution in [-0.2, 0) is 15.1 Å². The van der Waals surface area contributed by atoms with Crippen molar-refractivity contribution in [2.75, 3.05) is 18.1 Å². The molecule has 1 aromatic heterocycles. The van der Waals surface area contributed by atoms with Crippen molar-refractivity contribution in [2.45, 2.75) is 12.5 Å². The lowest BCUT2D eigenvalue weighted by atomic mass is 9.87. The van der Waals surface area contributed by atoms with Gasteiger partial charge in [-0.05, 0) is 13.0 Å². The first-order valence-electron chi connectivity index (χ1n) is 9.38. The van der Waals surface area contributed by atoms with Gasteiger partial charge in [-0.15, -0.1) is 6.58 Å². The van der Waals surface area contributed by atoms with Crippen LogP contribution in [0, 0.1) is 0 Å². The van der Waals surface area contributed by atoms with Crippen molar-refractivity contribution in [3.63, 3.8) is 0 Å². The molecule has 0 aliphatic carbocycles. The topological polar surface area (TPSA) is 68.5 Å². The van der Waals surface area contributed by atoms with Gasteiger partial charge in [-0.2, -0.15) is 4.98 Å². The quantitative estimate of drug-likeness (QED) is 0.568. The average molecular weight is 387 g/mol. The van der Waals surface area contributed by atoms with E-state index < -0.39 is 5.60 Å². The number of nitrogens with zero attached hydrogens (tertiary/aromatic N) is 3. The molecular formula is C23H21N3O3. The normalized spacial score (nSPS) is 18.0. The van der Waals surface area contributed by atoms with Crippen molar-refractivity contribution in [1.82, 2.24) is 10.1 Å². The maximum absolute atomic E-state index is 13.5. The molecule has 6 nitrogen and oxygen atoms in total. The van der Waals surface area contributed by atoms with E-state index in [-0.39, 0.29) is 18.4 Å². The molecule has 0 bridgehead atoms. The van der Waals surface area contributed by atoms with Gasteiger partial charge in [0.25, 0.3) is 11.8 Å². The highest BCUT2D eigenvalue weighted by atomic mass is 16.5. The summed E-state index contributed by atoms with van der Waals surface area (Å²) in [5, 5.41) is 4.06. The third-order valence-corrected chi connectivity index (χ3v) is 5.00. The summed E-state index contributed by atoms with van der Waals surface area (Å²) in [7, 11) is 0. The fourth-order valence-electron chi connectivity index (χ4n) is 3.64. The number of para-hydroxylation sites is 1. The second kappa shape index (κ2) is 7.48. The van der Waals surface area contributed by atoms with Crippen molar-refractivity contribution >= 4 is 17.2 Å². The molecule has 0 N–H and O–H groups in total. The predicted octanol–water partition coefficient (Wildman–Crippen LogP) is 4.21. The second-order valence-corrected chi connectivity index (χ2v) is 6.62. The van der Waals surface area contributed by atoms with E-state index in [0.29, 0.717) is 23.5 Å². The zero-order chi connectivity index (χ0) is 20.4. The SMILES string of the molecule is C=CCOC1(C(=C)c2nc(-c3ccccc3)no2)C(=O)N(CC)c2ccccc21. The van der Waals surface area contributed by atoms with Gasteiger partial charge in [-0.3, -0.25) is 4.79 Å². The number of rotatable bonds is 7. The monoisotopic (exact) mass is 387 g/mol. The van der Waals surface area contributed by atoms with Crippen LogP contribution in [0.5, 0.6) is 0 Å². The minimum absolute atomic E-state index is 0.161. The van der Waals surface area contributed by atoms with E-state index in [9.17, 15) is 4.79 Å². The minimum atomic E-state index is -1.44. The van der Waals surface area contributed by atoms with Gasteiger partial charge in [-0.25, -0.2) is 0 Å². The summed E-state index contributed by atoms with van der Waals surface area (Å²) >= 11 is 0. The van der Waals surface area contributed by atoms with E-state index in [1.165, 1.54) is 0 Å². The molecule has 1 aliphatic rings. The van der Waals surface area contributed by atoms with Gasteiger partial charge < -0.3 is 14.2 Å². The van der Waals surface area contributed by atoms with Crippen LogP contribution >= 0.6 is 0 Å². The van der Waals surface area contributed by atoms with Crippen LogP contribution < -0.4 is 4.90 Å². The molecule has 1 atom stereocenters. The summed E-state index contributed by atoms with van der Waals surface area (Å²) in [6, 6.07) is 17.0. The Hall–Kier alpha value is -3.51. The Morgan fingerprint density at radius 1 is 1.21 bits per heavy atom. The summed E-state index contributed by atoms with van der Waals surface area (Å²) in [6.07, 6.45) is 1.60. The number of amides is 1. The molecule has 0 saturated heterocycles. The van der Waals surface area contributed by atoms with E-state index in [1.54, 1.807) is 11.0 Å². The van der Waals surface area contributed by atoms with Gasteiger partial charge in [0.15, 0.2) is 0 Å². The van der Waals surface area contributed by atoms with Crippen molar-refractivity contribution in [3.8, 4) is 11.4 Å². The van der Waals surface area contributed by atoms with E-state index >= 15 is 0 Å². The molecule has 1 unspecified atom stereocenters. The first kappa shape index (κ1) is 18.8. The summed E-state index contributed by atoms with van der Waals surface area (Å²) in [5.74, 6) is 0.355. The Morgan fingerprint density at radius 3 is 2.66 bits per heavy atom. The van der Waals surface area contributed by atoms with Crippen LogP contribution in [0.2, 0.25) is 0 Å². The van der Waals surface area contributed by atoms with Gasteiger partial charge in [0.1, 0.15) is 0 Å². The molecular weight excluding hydrogens is 366 g/mol. The Kier molecular flexibility index (Phi) is 4.86. The maximum atomic E-state index is 13.5. The van der Waals surface area contributed by atoms with Gasteiger partial charge in [0.2, 0.25) is 11.4 Å². The fourth-order valence-corrected chi connectivity index (χ4v) is 3.64. The third-order valence-electron chi connectivity index (χ3n) is 5.00. The standard InChI is InChI=1S/C23H21N3O3/c1-4-15-28-23(18-13-9-10-14-19(18)26(5-2)22(23)27)16(3)21-24-20(25-29-21)17-11-7-6-8-12-17/h4,6-14H,1,3,5,15H2,2H3. The number of ether oxygens (including phenoxy) is 1. The highest BCUT2D eigenvalue weighted by Gasteiger charge is 2.55. The van der Waals surface area contributed by atoms with Crippen LogP contribution in [0.4, 0.5) is 5.69 Å². The van der Waals surface area contributed by atoms with Gasteiger partial charge in [0, 0.05) is 17.7 Å². The number of fused-ring (bicyclic) bond motifs is 1. The lowest BCUT2D eigenvalue weighted by Crippen LogP contribution is -2.43. The Balaban J connectivity index is 1.82. The Labute approximate surface area is 169 Å². The summed E-state index contributed by atoms with van der Waals surface area (Å²) in [4.78, 5) is 19.7. The largest absolute Gasteiger partial charge is 0.351 e. The summed E-state index contributed by atoms with van der Waals surface area (Å²) < 4.78 is 11.6. The zero-order valence-corrected chi connectivity index (χ0v) is 16.2. The van der Waals surface area contributed by atoms with Crippen LogP contribution in [0.15, 0.2) is 78.4 Å². The van der Waals surface area contributed by atoms with E-state index in [2.05, 4.69) is 23.3 Å². The average Bonchev–Trinajstić information content (AvgIpc) is 3.34. The number of aromatic nitrogens is 2. The zero-order valence-electron chi connectivity index (χ0n) is 16.2. The number of benzene rings is 2. The third kappa shape index (κ3) is 2.89. The van der Waals surface area contributed by atoms with E-state index in [0.717, 1.165) is 11.3 Å². The van der Waals surface area contributed by atoms with Crippen LogP contribution in [0.3, 0.4) is 0 Å². The number of hydrogen-bond acceptors (Lipinski definition) is 5. The Morgan fingerprint density at radius 2 is 1.93 bits per heavy atom. The summed E-state index contributed by atoms with van der Waals surface area (Å²) in [5.41, 5.74) is 1.17. The molecule has 4 rings (SSSR count).